The molecule has 1 heterocycles. The van der Waals surface area contributed by atoms with Crippen molar-refractivity contribution in [3.8, 4) is 0 Å². The fourth-order valence-corrected chi connectivity index (χ4v) is 5.50. The minimum absolute atomic E-state index is 0.250. The normalized spacial score (nSPS) is 27.3. The average Bonchev–Trinajstić information content (AvgIpc) is 2.74. The van der Waals surface area contributed by atoms with Gasteiger partial charge in [0.1, 0.15) is 6.54 Å². The molecule has 2 nitrogen and oxygen atoms in total. The molecular weight excluding hydrogens is 349 g/mol. The zero-order valence-corrected chi connectivity index (χ0v) is 19.2. The van der Waals surface area contributed by atoms with E-state index in [0.29, 0.717) is 0 Å². The number of hydrogen-bond donors (Lipinski definition) is 0. The summed E-state index contributed by atoms with van der Waals surface area (Å²) in [7, 11) is -0.442. The van der Waals surface area contributed by atoms with E-state index in [1.807, 2.05) is 6.08 Å². The van der Waals surface area contributed by atoms with Gasteiger partial charge in [0.15, 0.2) is 0 Å². The molecule has 0 N–H and O–H groups in total. The van der Waals surface area contributed by atoms with Crippen LogP contribution in [0.25, 0.3) is 0 Å². The van der Waals surface area contributed by atoms with Crippen LogP contribution in [0, 0.1) is 5.41 Å². The molecule has 0 spiro atoms. The lowest BCUT2D eigenvalue weighted by molar-refractivity contribution is -0.470. The van der Waals surface area contributed by atoms with Crippen LogP contribution in [-0.4, -0.2) is 22.0 Å². The van der Waals surface area contributed by atoms with Crippen LogP contribution in [0.2, 0.25) is 0 Å². The predicted octanol–water partition coefficient (Wildman–Crippen LogP) is 6.99. The van der Waals surface area contributed by atoms with Gasteiger partial charge in [-0.2, -0.15) is 4.58 Å². The predicted molar refractivity (Wildman–Crippen MR) is 121 cm³/mol. The topological polar surface area (TPSA) is 20.1 Å². The van der Waals surface area contributed by atoms with Gasteiger partial charge in [-0.25, -0.2) is 0 Å². The molecule has 0 aromatic rings. The van der Waals surface area contributed by atoms with Crippen molar-refractivity contribution in [2.75, 3.05) is 6.54 Å². The molecule has 0 fully saturated rings. The molecule has 1 rings (SSSR count). The summed E-state index contributed by atoms with van der Waals surface area (Å²) in [6, 6.07) is 0. The summed E-state index contributed by atoms with van der Waals surface area (Å²) in [5.74, 6) is 0. The Hall–Kier alpha value is -1.53. The molecule has 0 saturated carbocycles. The molecular formula is C24H38NOP+2. The van der Waals surface area contributed by atoms with E-state index in [9.17, 15) is 4.57 Å². The van der Waals surface area contributed by atoms with E-state index in [0.717, 1.165) is 43.6 Å². The van der Waals surface area contributed by atoms with Crippen molar-refractivity contribution in [3.05, 3.63) is 60.4 Å². The minimum Gasteiger partial charge on any atom is -0.192 e. The van der Waals surface area contributed by atoms with Crippen molar-refractivity contribution in [1.29, 1.82) is 0 Å². The molecule has 1 aliphatic heterocycles. The molecule has 1 aliphatic rings. The molecule has 0 aliphatic carbocycles. The number of nitrogens with zero attached hydrogens (tertiary/aromatic N) is 1. The van der Waals surface area contributed by atoms with Crippen LogP contribution in [0.5, 0.6) is 0 Å². The number of rotatable bonds is 9. The molecule has 3 unspecified atom stereocenters. The lowest BCUT2D eigenvalue weighted by atomic mass is 9.64. The third-order valence-electron chi connectivity index (χ3n) is 6.37. The molecule has 0 bridgehead atoms. The maximum absolute atomic E-state index is 12.8. The summed E-state index contributed by atoms with van der Waals surface area (Å²) < 4.78 is 15.0. The molecule has 3 atom stereocenters. The van der Waals surface area contributed by atoms with Gasteiger partial charge in [0.2, 0.25) is 11.4 Å². The number of hydrogen-bond acceptors (Lipinski definition) is 1. The van der Waals surface area contributed by atoms with E-state index >= 15 is 0 Å². The summed E-state index contributed by atoms with van der Waals surface area (Å²) in [5, 5.41) is -0.469. The molecule has 0 saturated heterocycles. The first-order valence-corrected chi connectivity index (χ1v) is 11.1. The van der Waals surface area contributed by atoms with Crippen molar-refractivity contribution in [1.82, 2.24) is 0 Å². The second kappa shape index (κ2) is 10.1. The zero-order valence-electron chi connectivity index (χ0n) is 18.2. The largest absolute Gasteiger partial charge is 0.343 e. The first-order valence-electron chi connectivity index (χ1n) is 10.2. The minimum atomic E-state index is -0.469. The van der Waals surface area contributed by atoms with Gasteiger partial charge >= 0.3 is 8.46 Å². The monoisotopic (exact) mass is 387 g/mol. The van der Waals surface area contributed by atoms with E-state index in [-0.39, 0.29) is 5.41 Å². The van der Waals surface area contributed by atoms with Gasteiger partial charge in [0.05, 0.1) is 5.41 Å². The van der Waals surface area contributed by atoms with Gasteiger partial charge in [0.25, 0.3) is 5.16 Å². The molecule has 148 valence electrons. The highest BCUT2D eigenvalue weighted by Gasteiger charge is 2.63. The Bertz CT molecular complexity index is 710. The lowest BCUT2D eigenvalue weighted by Gasteiger charge is -2.37. The molecule has 0 radical (unpaired) electrons. The van der Waals surface area contributed by atoms with Crippen LogP contribution in [0.3, 0.4) is 0 Å². The molecule has 0 aromatic heterocycles. The highest BCUT2D eigenvalue weighted by Crippen LogP contribution is 2.55. The van der Waals surface area contributed by atoms with Crippen LogP contribution in [0.4, 0.5) is 0 Å². The van der Waals surface area contributed by atoms with Crippen LogP contribution < -0.4 is 0 Å². The van der Waals surface area contributed by atoms with Crippen LogP contribution in [0.15, 0.2) is 60.4 Å². The molecule has 3 heteroatoms. The van der Waals surface area contributed by atoms with Crippen molar-refractivity contribution >= 4 is 14.2 Å². The third kappa shape index (κ3) is 4.02. The van der Waals surface area contributed by atoms with E-state index < -0.39 is 13.6 Å². The maximum Gasteiger partial charge on any atom is 0.343 e. The first kappa shape index (κ1) is 23.5. The maximum atomic E-state index is 12.8. The Morgan fingerprint density at radius 2 is 1.78 bits per heavy atom. The van der Waals surface area contributed by atoms with Gasteiger partial charge in [-0.3, -0.25) is 0 Å². The Kier molecular flexibility index (Phi) is 8.82. The number of allylic oxidation sites excluding steroid dienone is 7. The standard InChI is InChI=1S/C24H37NOP/c1-9-14-15-16-17-18-21-19(6)20(7)25(13-5)22(10-2)24(12-4,27-26)23(21,8)11-3/h9-10,14,17-18H,2,7,11-13,15-16H2,1,3-6,8H3/q+1/p+1. The molecule has 0 amide bonds. The van der Waals surface area contributed by atoms with E-state index in [2.05, 4.69) is 83.6 Å². The second-order valence-electron chi connectivity index (χ2n) is 7.41. The van der Waals surface area contributed by atoms with Crippen molar-refractivity contribution in [2.24, 2.45) is 5.41 Å². The summed E-state index contributed by atoms with van der Waals surface area (Å²) in [5.41, 5.74) is 4.24. The SMILES string of the molecule is C=CC1=[N+](CC)C(=C)C(C)=C(C=CCCC=CC)C(C)(CC)C1(CC)[PH+]=O. The Morgan fingerprint density at radius 3 is 2.22 bits per heavy atom. The summed E-state index contributed by atoms with van der Waals surface area (Å²) in [4.78, 5) is 0. The summed E-state index contributed by atoms with van der Waals surface area (Å²) in [6.45, 7) is 22.2. The Morgan fingerprint density at radius 1 is 1.15 bits per heavy atom. The van der Waals surface area contributed by atoms with Gasteiger partial charge < -0.3 is 0 Å². The number of likely N-dealkylation sites (N-methyl/N-ethyl adjacent to an activating group) is 1. The quantitative estimate of drug-likeness (QED) is 0.181. The van der Waals surface area contributed by atoms with Gasteiger partial charge in [-0.05, 0) is 52.2 Å². The van der Waals surface area contributed by atoms with Crippen molar-refractivity contribution < 1.29 is 9.14 Å². The Balaban J connectivity index is 3.78. The fourth-order valence-electron chi connectivity index (χ4n) is 4.48. The van der Waals surface area contributed by atoms with Crippen LogP contribution in [-0.2, 0) is 4.57 Å². The van der Waals surface area contributed by atoms with Gasteiger partial charge in [-0.1, -0.05) is 56.2 Å². The first-order chi connectivity index (χ1) is 12.8. The zero-order chi connectivity index (χ0) is 20.7. The molecule has 27 heavy (non-hydrogen) atoms. The summed E-state index contributed by atoms with van der Waals surface area (Å²) >= 11 is 0. The number of unbranched alkanes of at least 4 members (excludes halogenated alkanes) is 1. The summed E-state index contributed by atoms with van der Waals surface area (Å²) in [6.07, 6.45) is 14.4. The van der Waals surface area contributed by atoms with E-state index in [1.165, 1.54) is 11.1 Å². The van der Waals surface area contributed by atoms with Crippen LogP contribution in [0.1, 0.15) is 67.2 Å². The Labute approximate surface area is 168 Å². The third-order valence-corrected chi connectivity index (χ3v) is 7.88. The van der Waals surface area contributed by atoms with Crippen LogP contribution >= 0.6 is 8.46 Å². The van der Waals surface area contributed by atoms with E-state index in [1.54, 1.807) is 0 Å². The molecule has 0 aromatic carbocycles. The van der Waals surface area contributed by atoms with Crippen molar-refractivity contribution in [3.63, 3.8) is 0 Å². The van der Waals surface area contributed by atoms with E-state index in [4.69, 9.17) is 0 Å². The smallest absolute Gasteiger partial charge is 0.192 e. The fraction of sp³-hybridized carbons (Fsp3) is 0.542. The highest BCUT2D eigenvalue weighted by molar-refractivity contribution is 7.28. The van der Waals surface area contributed by atoms with Gasteiger partial charge in [-0.15, -0.1) is 0 Å². The highest BCUT2D eigenvalue weighted by atomic mass is 31.1. The second-order valence-corrected chi connectivity index (χ2v) is 8.47. The van der Waals surface area contributed by atoms with Crippen molar-refractivity contribution in [2.45, 2.75) is 72.4 Å². The average molecular weight is 388 g/mol. The lowest BCUT2D eigenvalue weighted by Crippen LogP contribution is -2.49. The van der Waals surface area contributed by atoms with Gasteiger partial charge in [0, 0.05) is 18.1 Å².